The van der Waals surface area contributed by atoms with Crippen molar-refractivity contribution in [2.24, 2.45) is 0 Å². The number of nitrogens with zero attached hydrogens (tertiary/aromatic N) is 8. The molecule has 2 aliphatic heterocycles. The molecule has 2 aliphatic rings. The van der Waals surface area contributed by atoms with Crippen molar-refractivity contribution in [3.05, 3.63) is 156 Å². The Morgan fingerprint density at radius 1 is 0.359 bits per heavy atom. The fourth-order valence-corrected chi connectivity index (χ4v) is 17.7. The number of esters is 5. The number of anilines is 3. The van der Waals surface area contributed by atoms with Gasteiger partial charge in [-0.15, -0.1) is 22.7 Å². The maximum Gasteiger partial charge on any atom is 0.360 e. The van der Waals surface area contributed by atoms with E-state index in [0.29, 0.717) is 78.5 Å². The molecular weight excluding hydrogens is 1760 g/mol. The van der Waals surface area contributed by atoms with Gasteiger partial charge in [-0.25, -0.2) is 48.9 Å². The quantitative estimate of drug-likeness (QED) is 0.0293. The molecule has 23 nitrogen and oxygen atoms in total. The molecule has 5 aromatic carbocycles. The molecular formula is C87H106BrIN8O15S5. The first kappa shape index (κ1) is 93.7. The minimum Gasteiger partial charge on any atom is -0.494 e. The summed E-state index contributed by atoms with van der Waals surface area (Å²) in [6.45, 7) is 37.8. The summed E-state index contributed by atoms with van der Waals surface area (Å²) >= 11 is 12.9. The van der Waals surface area contributed by atoms with Gasteiger partial charge in [0, 0.05) is 68.1 Å². The number of hydrogen-bond donors (Lipinski definition) is 0. The number of aromatic nitrogens is 5. The molecule has 2 saturated heterocycles. The summed E-state index contributed by atoms with van der Waals surface area (Å²) in [6, 6.07) is 38.7. The maximum absolute atomic E-state index is 12.8. The molecule has 0 radical (unpaired) electrons. The highest BCUT2D eigenvalue weighted by Gasteiger charge is 2.32. The Morgan fingerprint density at radius 3 is 0.932 bits per heavy atom. The van der Waals surface area contributed by atoms with Gasteiger partial charge in [0.25, 0.3) is 0 Å². The molecule has 0 bridgehead atoms. The number of halogens is 2. The molecule has 0 saturated carbocycles. The second-order valence-corrected chi connectivity index (χ2v) is 37.2. The Balaban J connectivity index is 0.000000183. The predicted molar refractivity (Wildman–Crippen MR) is 483 cm³/mol. The summed E-state index contributed by atoms with van der Waals surface area (Å²) in [6.07, 6.45) is 5.81. The molecule has 2 fully saturated rings. The van der Waals surface area contributed by atoms with E-state index in [-0.39, 0.29) is 17.9 Å². The first-order chi connectivity index (χ1) is 55.8. The molecule has 30 heteroatoms. The van der Waals surface area contributed by atoms with Gasteiger partial charge in [0.2, 0.25) is 0 Å². The minimum atomic E-state index is -0.552. The van der Waals surface area contributed by atoms with E-state index in [1.165, 1.54) is 40.4 Å². The van der Waals surface area contributed by atoms with Gasteiger partial charge >= 0.3 is 29.8 Å². The van der Waals surface area contributed by atoms with Crippen LogP contribution >= 0.6 is 95.2 Å². The lowest BCUT2D eigenvalue weighted by Gasteiger charge is -2.28. The van der Waals surface area contributed by atoms with Crippen molar-refractivity contribution in [2.75, 3.05) is 101 Å². The SMILES string of the molecule is CCOC(=O)c1nc(-c2ccc(OCC)cc2)sc1Br.CCOC(=O)c1nc(-c2ccc(OCC)cc2)sc1I.CCOc1ccc(-c2nc(C(=O)OC(C)(C)C)c(N(C)C)s2)cc1.CCOc1ccc(-c2nc(C(=O)OC(C)(C)C)c(N3CCCC3)s2)cc1.CCOc1ccc(-c2nc(C(=O)OC(C)(C)C)c(N3CCCCC3)s2)cc1. The summed E-state index contributed by atoms with van der Waals surface area (Å²) in [4.78, 5) is 90.3. The molecule has 0 spiro atoms. The van der Waals surface area contributed by atoms with Crippen molar-refractivity contribution in [1.82, 2.24) is 24.9 Å². The van der Waals surface area contributed by atoms with Gasteiger partial charge in [-0.2, -0.15) is 0 Å². The van der Waals surface area contributed by atoms with E-state index in [9.17, 15) is 24.0 Å². The standard InChI is InChI=1S/C21H28N2O3S.C20H26N2O3S.C18H24N2O3S.C14H14BrNO3S.C14H14INO3S/c1-5-25-16-11-9-15(10-12-16)18-22-17(20(24)26-21(2,3)4)19(27-18)23-13-7-6-8-14-23;1-5-24-15-10-8-14(9-11-15)17-21-16(19(23)25-20(2,3)4)18(26-17)22-12-6-7-13-22;1-7-22-13-10-8-12(9-11-13)15-19-14(16(24-15)20(5)6)17(21)23-18(2,3)4;2*1-3-18-10-7-5-9(6-8-10)13-16-11(12(15)20-13)14(17)19-4-2/h9-12H,5-8,13-14H2,1-4H3;8-11H,5-7,12-13H2,1-4H3;8-11H,7H2,1-6H3;2*5-8H,3-4H2,1-2H3. The van der Waals surface area contributed by atoms with Crippen LogP contribution in [0.2, 0.25) is 0 Å². The van der Waals surface area contributed by atoms with Crippen LogP contribution in [0.5, 0.6) is 28.7 Å². The highest BCUT2D eigenvalue weighted by atomic mass is 127. The average molecular weight is 1870 g/mol. The molecule has 12 rings (SSSR count). The number of carbonyl (C=O) groups excluding carboxylic acids is 5. The smallest absolute Gasteiger partial charge is 0.360 e. The number of carbonyl (C=O) groups is 5. The summed E-state index contributed by atoms with van der Waals surface area (Å²) in [5.74, 6) is 2.24. The Hall–Kier alpha value is -8.79. The Bertz CT molecular complexity index is 4720. The van der Waals surface area contributed by atoms with Crippen molar-refractivity contribution in [2.45, 2.75) is 160 Å². The lowest BCUT2D eigenvalue weighted by molar-refractivity contribution is 0.00521. The third-order valence-corrected chi connectivity index (χ3v) is 23.6. The summed E-state index contributed by atoms with van der Waals surface area (Å²) < 4.78 is 55.4. The van der Waals surface area contributed by atoms with E-state index in [1.54, 1.807) is 36.5 Å². The Kier molecular flexibility index (Phi) is 35.9. The molecule has 0 amide bonds. The van der Waals surface area contributed by atoms with Crippen molar-refractivity contribution < 1.29 is 71.3 Å². The van der Waals surface area contributed by atoms with E-state index in [4.69, 9.17) is 47.4 Å². The summed E-state index contributed by atoms with van der Waals surface area (Å²) in [7, 11) is 3.78. The maximum atomic E-state index is 12.8. The van der Waals surface area contributed by atoms with Crippen molar-refractivity contribution in [3.8, 4) is 81.6 Å². The fraction of sp³-hybridized carbons (Fsp3) is 0.425. The van der Waals surface area contributed by atoms with Gasteiger partial charge < -0.3 is 62.1 Å². The number of ether oxygens (including phenoxy) is 10. The van der Waals surface area contributed by atoms with E-state index < -0.39 is 28.7 Å². The van der Waals surface area contributed by atoms with Gasteiger partial charge in [-0.1, -0.05) is 34.0 Å². The largest absolute Gasteiger partial charge is 0.494 e. The predicted octanol–water partition coefficient (Wildman–Crippen LogP) is 22.3. The lowest BCUT2D eigenvalue weighted by atomic mass is 10.1. The van der Waals surface area contributed by atoms with Crippen LogP contribution in [0.1, 0.15) is 195 Å². The van der Waals surface area contributed by atoms with E-state index in [2.05, 4.69) is 73.2 Å². The number of benzene rings is 5. The van der Waals surface area contributed by atoms with Crippen LogP contribution in [0, 0.1) is 2.88 Å². The van der Waals surface area contributed by atoms with Crippen LogP contribution in [-0.4, -0.2) is 158 Å². The topological polar surface area (TPSA) is 252 Å². The zero-order valence-corrected chi connectivity index (χ0v) is 77.7. The molecule has 5 aromatic heterocycles. The van der Waals surface area contributed by atoms with Gasteiger partial charge in [0.05, 0.1) is 46.2 Å². The Morgan fingerprint density at radius 2 is 0.624 bits per heavy atom. The molecule has 0 aliphatic carbocycles. The van der Waals surface area contributed by atoms with Gasteiger partial charge in [-0.05, 0) is 303 Å². The van der Waals surface area contributed by atoms with Crippen LogP contribution in [0.4, 0.5) is 15.0 Å². The second kappa shape index (κ2) is 44.9. The molecule has 7 heterocycles. The third kappa shape index (κ3) is 28.5. The van der Waals surface area contributed by atoms with Crippen molar-refractivity contribution in [3.63, 3.8) is 0 Å². The molecule has 628 valence electrons. The van der Waals surface area contributed by atoms with E-state index in [0.717, 1.165) is 151 Å². The van der Waals surface area contributed by atoms with Crippen LogP contribution in [-0.2, 0) is 23.7 Å². The molecule has 0 N–H and O–H groups in total. The second-order valence-electron chi connectivity index (χ2n) is 29.2. The first-order valence-electron chi connectivity index (χ1n) is 39.0. The van der Waals surface area contributed by atoms with Gasteiger partial charge in [0.15, 0.2) is 28.5 Å². The van der Waals surface area contributed by atoms with Crippen molar-refractivity contribution in [1.29, 1.82) is 0 Å². The fourth-order valence-electron chi connectivity index (χ4n) is 11.2. The first-order valence-corrected chi connectivity index (χ1v) is 44.9. The zero-order chi connectivity index (χ0) is 85.2. The summed E-state index contributed by atoms with van der Waals surface area (Å²) in [5, 5.41) is 6.64. The number of hydrogen-bond acceptors (Lipinski definition) is 28. The average Bonchev–Trinajstić information content (AvgIpc) is 2.41. The van der Waals surface area contributed by atoms with Crippen molar-refractivity contribution >= 4 is 140 Å². The highest BCUT2D eigenvalue weighted by molar-refractivity contribution is 14.1. The zero-order valence-electron chi connectivity index (χ0n) is 69.9. The monoisotopic (exact) mass is 1870 g/mol. The molecule has 0 unspecified atom stereocenters. The van der Waals surface area contributed by atoms with Crippen LogP contribution in [0.15, 0.2) is 125 Å². The normalized spacial score (nSPS) is 12.5. The highest BCUT2D eigenvalue weighted by Crippen LogP contribution is 2.42. The number of piperidine rings is 1. The Labute approximate surface area is 729 Å². The van der Waals surface area contributed by atoms with Crippen LogP contribution in [0.3, 0.4) is 0 Å². The van der Waals surface area contributed by atoms with Crippen LogP contribution < -0.4 is 38.4 Å². The lowest BCUT2D eigenvalue weighted by Crippen LogP contribution is -2.31. The summed E-state index contributed by atoms with van der Waals surface area (Å²) in [5.41, 5.74) is 5.10. The third-order valence-electron chi connectivity index (χ3n) is 16.2. The number of thiazole rings is 5. The van der Waals surface area contributed by atoms with E-state index >= 15 is 0 Å². The minimum absolute atomic E-state index is 0.320. The molecule has 10 aromatic rings. The van der Waals surface area contributed by atoms with Gasteiger partial charge in [0.1, 0.15) is 92.3 Å². The van der Waals surface area contributed by atoms with E-state index in [1.807, 2.05) is 237 Å². The van der Waals surface area contributed by atoms with Crippen LogP contribution in [0.25, 0.3) is 52.9 Å². The number of rotatable bonds is 25. The molecule has 0 atom stereocenters. The molecule has 117 heavy (non-hydrogen) atoms. The van der Waals surface area contributed by atoms with Gasteiger partial charge in [-0.3, -0.25) is 0 Å².